The van der Waals surface area contributed by atoms with Crippen molar-refractivity contribution in [2.75, 3.05) is 19.7 Å². The van der Waals surface area contributed by atoms with Crippen LogP contribution in [0.2, 0.25) is 5.02 Å². The van der Waals surface area contributed by atoms with E-state index in [2.05, 4.69) is 9.88 Å². The topological polar surface area (TPSA) is 42.4 Å². The third kappa shape index (κ3) is 4.63. The van der Waals surface area contributed by atoms with Crippen LogP contribution in [0, 0.1) is 5.41 Å². The number of halogens is 1. The number of aromatic nitrogens is 1. The van der Waals surface area contributed by atoms with Gasteiger partial charge in [0.2, 0.25) is 0 Å². The van der Waals surface area contributed by atoms with Crippen molar-refractivity contribution in [2.24, 2.45) is 5.41 Å². The minimum Gasteiger partial charge on any atom is -0.466 e. The molecule has 0 radical (unpaired) electrons. The van der Waals surface area contributed by atoms with Crippen LogP contribution in [0.1, 0.15) is 31.0 Å². The first kappa shape index (κ1) is 18.9. The number of esters is 1. The van der Waals surface area contributed by atoms with E-state index in [1.165, 1.54) is 0 Å². The Hall–Kier alpha value is -1.91. The minimum absolute atomic E-state index is 0.0764. The molecule has 1 fully saturated rings. The number of piperidine rings is 1. The second-order valence-corrected chi connectivity index (χ2v) is 7.34. The molecule has 0 unspecified atom stereocenters. The van der Waals surface area contributed by atoms with Gasteiger partial charge in [-0.1, -0.05) is 29.8 Å². The molecule has 0 N–H and O–H groups in total. The SMILES string of the molecule is CCOC(=O)C1(Cc2ccc(Cl)cc2)CCN(Cc2ccccn2)CC1. The summed E-state index contributed by atoms with van der Waals surface area (Å²) in [5.74, 6) is -0.0764. The van der Waals surface area contributed by atoms with Gasteiger partial charge in [0.25, 0.3) is 0 Å². The van der Waals surface area contributed by atoms with Gasteiger partial charge in [-0.3, -0.25) is 14.7 Å². The number of hydrogen-bond donors (Lipinski definition) is 0. The molecule has 0 saturated carbocycles. The Bertz CT molecular complexity index is 711. The van der Waals surface area contributed by atoms with E-state index >= 15 is 0 Å². The van der Waals surface area contributed by atoms with E-state index in [0.717, 1.165) is 43.7 Å². The molecule has 0 spiro atoms. The van der Waals surface area contributed by atoms with Gasteiger partial charge >= 0.3 is 5.97 Å². The Morgan fingerprint density at radius 3 is 2.54 bits per heavy atom. The van der Waals surface area contributed by atoms with Crippen LogP contribution in [0.3, 0.4) is 0 Å². The van der Waals surface area contributed by atoms with Gasteiger partial charge in [0.1, 0.15) is 0 Å². The first-order chi connectivity index (χ1) is 12.6. The molecule has 138 valence electrons. The fourth-order valence-electron chi connectivity index (χ4n) is 3.59. The number of likely N-dealkylation sites (tertiary alicyclic amines) is 1. The lowest BCUT2D eigenvalue weighted by atomic mass is 9.73. The van der Waals surface area contributed by atoms with Gasteiger partial charge in [0.05, 0.1) is 17.7 Å². The third-order valence-corrected chi connectivity index (χ3v) is 5.34. The third-order valence-electron chi connectivity index (χ3n) is 5.09. The molecule has 1 aliphatic rings. The van der Waals surface area contributed by atoms with E-state index in [4.69, 9.17) is 16.3 Å². The Morgan fingerprint density at radius 2 is 1.92 bits per heavy atom. The number of benzene rings is 1. The molecule has 1 aromatic carbocycles. The summed E-state index contributed by atoms with van der Waals surface area (Å²) in [7, 11) is 0. The van der Waals surface area contributed by atoms with E-state index in [1.54, 1.807) is 0 Å². The van der Waals surface area contributed by atoms with Gasteiger partial charge in [-0.25, -0.2) is 0 Å². The monoisotopic (exact) mass is 372 g/mol. The predicted octanol–water partition coefficient (Wildman–Crippen LogP) is 4.12. The molecule has 5 heteroatoms. The number of carbonyl (C=O) groups excluding carboxylic acids is 1. The zero-order chi connectivity index (χ0) is 18.4. The molecule has 1 aromatic heterocycles. The summed E-state index contributed by atoms with van der Waals surface area (Å²) in [6.45, 7) is 4.83. The lowest BCUT2D eigenvalue weighted by Crippen LogP contribution is -2.46. The van der Waals surface area contributed by atoms with Crippen molar-refractivity contribution in [2.45, 2.75) is 32.7 Å². The van der Waals surface area contributed by atoms with E-state index in [0.29, 0.717) is 18.1 Å². The van der Waals surface area contributed by atoms with Crippen molar-refractivity contribution in [3.63, 3.8) is 0 Å². The lowest BCUT2D eigenvalue weighted by molar-refractivity contribution is -0.158. The zero-order valence-electron chi connectivity index (χ0n) is 15.2. The molecule has 2 aromatic rings. The quantitative estimate of drug-likeness (QED) is 0.715. The van der Waals surface area contributed by atoms with E-state index in [1.807, 2.05) is 55.6 Å². The van der Waals surface area contributed by atoms with Gasteiger partial charge in [-0.15, -0.1) is 0 Å². The Labute approximate surface area is 160 Å². The van der Waals surface area contributed by atoms with Crippen LogP contribution in [-0.2, 0) is 22.5 Å². The average molecular weight is 373 g/mol. The molecule has 4 nitrogen and oxygen atoms in total. The van der Waals surface area contributed by atoms with E-state index < -0.39 is 5.41 Å². The van der Waals surface area contributed by atoms with Gasteiger partial charge in [0.15, 0.2) is 0 Å². The van der Waals surface area contributed by atoms with Crippen molar-refractivity contribution >= 4 is 17.6 Å². The maximum absolute atomic E-state index is 12.8. The number of pyridine rings is 1. The summed E-state index contributed by atoms with van der Waals surface area (Å²) in [6, 6.07) is 13.7. The van der Waals surface area contributed by atoms with Crippen molar-refractivity contribution in [3.05, 3.63) is 64.9 Å². The van der Waals surface area contributed by atoms with Crippen molar-refractivity contribution in [1.82, 2.24) is 9.88 Å². The first-order valence-corrected chi connectivity index (χ1v) is 9.53. The number of hydrogen-bond acceptors (Lipinski definition) is 4. The molecular weight excluding hydrogens is 348 g/mol. The fourth-order valence-corrected chi connectivity index (χ4v) is 3.72. The highest BCUT2D eigenvalue weighted by Crippen LogP contribution is 2.37. The molecule has 0 atom stereocenters. The number of nitrogens with zero attached hydrogens (tertiary/aromatic N) is 2. The Morgan fingerprint density at radius 1 is 1.19 bits per heavy atom. The summed E-state index contributed by atoms with van der Waals surface area (Å²) in [5.41, 5.74) is 1.74. The molecular formula is C21H25ClN2O2. The van der Waals surface area contributed by atoms with Crippen LogP contribution in [0.15, 0.2) is 48.7 Å². The second kappa shape index (κ2) is 8.65. The van der Waals surface area contributed by atoms with Crippen LogP contribution in [-0.4, -0.2) is 35.5 Å². The van der Waals surface area contributed by atoms with Crippen LogP contribution in [0.25, 0.3) is 0 Å². The maximum atomic E-state index is 12.8. The predicted molar refractivity (Wildman–Crippen MR) is 103 cm³/mol. The highest BCUT2D eigenvalue weighted by molar-refractivity contribution is 6.30. The summed E-state index contributed by atoms with van der Waals surface area (Å²) in [6.07, 6.45) is 4.10. The molecule has 1 aliphatic heterocycles. The Kier molecular flexibility index (Phi) is 6.28. The Balaban J connectivity index is 1.70. The number of carbonyl (C=O) groups is 1. The van der Waals surface area contributed by atoms with Gasteiger partial charge in [-0.2, -0.15) is 0 Å². The summed E-state index contributed by atoms with van der Waals surface area (Å²) >= 11 is 5.99. The number of rotatable bonds is 6. The smallest absolute Gasteiger partial charge is 0.312 e. The highest BCUT2D eigenvalue weighted by atomic mass is 35.5. The minimum atomic E-state index is -0.454. The largest absolute Gasteiger partial charge is 0.466 e. The number of ether oxygens (including phenoxy) is 1. The standard InChI is InChI=1S/C21H25ClN2O2/c1-2-26-20(25)21(15-17-6-8-18(22)9-7-17)10-13-24(14-11-21)16-19-5-3-4-12-23-19/h3-9,12H,2,10-11,13-16H2,1H3. The molecule has 0 bridgehead atoms. The molecule has 26 heavy (non-hydrogen) atoms. The van der Waals surface area contributed by atoms with Crippen LogP contribution < -0.4 is 0 Å². The average Bonchev–Trinajstić information content (AvgIpc) is 2.66. The second-order valence-electron chi connectivity index (χ2n) is 6.90. The molecule has 0 aliphatic carbocycles. The fraction of sp³-hybridized carbons (Fsp3) is 0.429. The van der Waals surface area contributed by atoms with Gasteiger partial charge < -0.3 is 4.74 Å². The first-order valence-electron chi connectivity index (χ1n) is 9.15. The zero-order valence-corrected chi connectivity index (χ0v) is 15.9. The highest BCUT2D eigenvalue weighted by Gasteiger charge is 2.42. The molecule has 2 heterocycles. The van der Waals surface area contributed by atoms with Crippen LogP contribution >= 0.6 is 11.6 Å². The normalized spacial score (nSPS) is 17.0. The molecule has 1 saturated heterocycles. The summed E-state index contributed by atoms with van der Waals surface area (Å²) < 4.78 is 5.44. The van der Waals surface area contributed by atoms with Crippen molar-refractivity contribution in [3.8, 4) is 0 Å². The summed E-state index contributed by atoms with van der Waals surface area (Å²) in [5, 5.41) is 0.712. The summed E-state index contributed by atoms with van der Waals surface area (Å²) in [4.78, 5) is 19.5. The van der Waals surface area contributed by atoms with Crippen molar-refractivity contribution < 1.29 is 9.53 Å². The van der Waals surface area contributed by atoms with Gasteiger partial charge in [0, 0.05) is 17.8 Å². The van der Waals surface area contributed by atoms with Crippen LogP contribution in [0.5, 0.6) is 0 Å². The van der Waals surface area contributed by atoms with Crippen molar-refractivity contribution in [1.29, 1.82) is 0 Å². The van der Waals surface area contributed by atoms with Crippen LogP contribution in [0.4, 0.5) is 0 Å². The lowest BCUT2D eigenvalue weighted by Gasteiger charge is -2.40. The van der Waals surface area contributed by atoms with Gasteiger partial charge in [-0.05, 0) is 69.1 Å². The van der Waals surface area contributed by atoms with E-state index in [9.17, 15) is 4.79 Å². The maximum Gasteiger partial charge on any atom is 0.312 e. The molecule has 0 amide bonds. The molecule has 3 rings (SSSR count). The van der Waals surface area contributed by atoms with E-state index in [-0.39, 0.29) is 5.97 Å².